The van der Waals surface area contributed by atoms with Crippen LogP contribution in [0.2, 0.25) is 0 Å². The van der Waals surface area contributed by atoms with Crippen molar-refractivity contribution in [3.05, 3.63) is 42.7 Å². The first kappa shape index (κ1) is 15.1. The molecule has 0 saturated heterocycles. The molecular formula is C18H20N8. The molecular weight excluding hydrogens is 328 g/mol. The van der Waals surface area contributed by atoms with Crippen LogP contribution < -0.4 is 11.1 Å². The summed E-state index contributed by atoms with van der Waals surface area (Å²) in [7, 11) is 0. The Kier molecular flexibility index (Phi) is 3.31. The van der Waals surface area contributed by atoms with Gasteiger partial charge in [-0.1, -0.05) is 6.92 Å². The molecule has 4 N–H and O–H groups in total. The standard InChI is InChI=1S/C18H20N8/c1-10-4-11(25-16-8-21-15(19)7-22-16)5-12(10)14-6-23-17-9-24-18-13(26(14)17)2-3-20-18/h2-3,6-12,20H,4-5H2,1H3,(H2,19,21)(H,22,25)/t10-,11+,12-/m0/s1. The topological polar surface area (TPSA) is 110 Å². The number of hydrogen-bond donors (Lipinski definition) is 3. The quantitative estimate of drug-likeness (QED) is 0.525. The number of hydrogen-bond acceptors (Lipinski definition) is 6. The molecule has 1 aliphatic carbocycles. The van der Waals surface area contributed by atoms with Gasteiger partial charge < -0.3 is 16.0 Å². The zero-order valence-electron chi connectivity index (χ0n) is 14.4. The van der Waals surface area contributed by atoms with Crippen LogP contribution in [0.1, 0.15) is 31.4 Å². The number of nitrogens with one attached hydrogen (secondary N) is 2. The normalized spacial score (nSPS) is 23.0. The number of nitrogen functional groups attached to an aromatic ring is 1. The third-order valence-electron chi connectivity index (χ3n) is 5.36. The minimum Gasteiger partial charge on any atom is -0.382 e. The van der Waals surface area contributed by atoms with Crippen LogP contribution in [0.15, 0.2) is 37.1 Å². The van der Waals surface area contributed by atoms with Gasteiger partial charge in [0.25, 0.3) is 0 Å². The molecule has 0 spiro atoms. The van der Waals surface area contributed by atoms with Gasteiger partial charge in [-0.05, 0) is 24.8 Å². The van der Waals surface area contributed by atoms with E-state index in [1.807, 2.05) is 18.6 Å². The number of nitrogens with zero attached hydrogens (tertiary/aromatic N) is 5. The average Bonchev–Trinajstić information content (AvgIpc) is 3.34. The molecule has 0 aliphatic heterocycles. The molecule has 0 amide bonds. The average molecular weight is 348 g/mol. The maximum absolute atomic E-state index is 5.61. The Morgan fingerprint density at radius 2 is 2.04 bits per heavy atom. The highest BCUT2D eigenvalue weighted by molar-refractivity contribution is 5.74. The Bertz CT molecular complexity index is 1060. The number of imidazole rings is 1. The van der Waals surface area contributed by atoms with Crippen molar-refractivity contribution < 1.29 is 0 Å². The molecule has 1 aliphatic rings. The van der Waals surface area contributed by atoms with Crippen molar-refractivity contribution >= 4 is 28.4 Å². The van der Waals surface area contributed by atoms with E-state index in [9.17, 15) is 0 Å². The predicted octanol–water partition coefficient (Wildman–Crippen LogP) is 2.58. The van der Waals surface area contributed by atoms with E-state index in [1.54, 1.807) is 12.4 Å². The number of fused-ring (bicyclic) bond motifs is 3. The first-order valence-electron chi connectivity index (χ1n) is 8.82. The molecule has 4 heterocycles. The minimum atomic E-state index is 0.349. The molecule has 1 saturated carbocycles. The summed E-state index contributed by atoms with van der Waals surface area (Å²) in [6.45, 7) is 2.30. The lowest BCUT2D eigenvalue weighted by Gasteiger charge is -2.15. The summed E-state index contributed by atoms with van der Waals surface area (Å²) in [6.07, 6.45) is 11.1. The van der Waals surface area contributed by atoms with Crippen molar-refractivity contribution in [1.29, 1.82) is 0 Å². The zero-order valence-corrected chi connectivity index (χ0v) is 14.4. The first-order chi connectivity index (χ1) is 12.7. The van der Waals surface area contributed by atoms with Gasteiger partial charge >= 0.3 is 0 Å². The van der Waals surface area contributed by atoms with E-state index in [1.165, 1.54) is 5.69 Å². The van der Waals surface area contributed by atoms with Crippen LogP contribution in [0.3, 0.4) is 0 Å². The largest absolute Gasteiger partial charge is 0.382 e. The lowest BCUT2D eigenvalue weighted by atomic mass is 9.95. The summed E-state index contributed by atoms with van der Waals surface area (Å²) in [6, 6.07) is 2.40. The number of nitrogens with two attached hydrogens (primary N) is 1. The van der Waals surface area contributed by atoms with Crippen molar-refractivity contribution in [2.24, 2.45) is 5.92 Å². The van der Waals surface area contributed by atoms with Gasteiger partial charge in [-0.25, -0.2) is 19.9 Å². The Morgan fingerprint density at radius 3 is 2.88 bits per heavy atom. The monoisotopic (exact) mass is 348 g/mol. The molecule has 0 radical (unpaired) electrons. The highest BCUT2D eigenvalue weighted by Gasteiger charge is 2.34. The van der Waals surface area contributed by atoms with Crippen LogP contribution in [0.4, 0.5) is 11.6 Å². The van der Waals surface area contributed by atoms with Gasteiger partial charge in [-0.15, -0.1) is 0 Å². The summed E-state index contributed by atoms with van der Waals surface area (Å²) in [4.78, 5) is 20.6. The molecule has 132 valence electrons. The maximum atomic E-state index is 5.61. The second-order valence-corrected chi connectivity index (χ2v) is 7.07. The predicted molar refractivity (Wildman–Crippen MR) is 99.8 cm³/mol. The van der Waals surface area contributed by atoms with Gasteiger partial charge in [0, 0.05) is 30.0 Å². The molecule has 0 bridgehead atoms. The third kappa shape index (κ3) is 2.37. The Morgan fingerprint density at radius 1 is 1.12 bits per heavy atom. The SMILES string of the molecule is C[C@H]1C[C@@H](Nc2cnc(N)cn2)C[C@@H]1c1cnc2cnc3[nH]ccc3n12. The van der Waals surface area contributed by atoms with Crippen LogP contribution in [0, 0.1) is 5.92 Å². The zero-order chi connectivity index (χ0) is 17.7. The summed E-state index contributed by atoms with van der Waals surface area (Å²) in [5.41, 5.74) is 9.70. The molecule has 8 nitrogen and oxygen atoms in total. The fraction of sp³-hybridized carbons (Fsp3) is 0.333. The highest BCUT2D eigenvalue weighted by atomic mass is 15.1. The van der Waals surface area contributed by atoms with Crippen LogP contribution in [-0.2, 0) is 0 Å². The first-order valence-corrected chi connectivity index (χ1v) is 8.82. The lowest BCUT2D eigenvalue weighted by molar-refractivity contribution is 0.520. The van der Waals surface area contributed by atoms with Crippen molar-refractivity contribution in [2.45, 2.75) is 31.7 Å². The van der Waals surface area contributed by atoms with E-state index in [0.29, 0.717) is 23.7 Å². The van der Waals surface area contributed by atoms with Gasteiger partial charge in [0.05, 0.1) is 24.1 Å². The number of H-pyrrole nitrogens is 1. The van der Waals surface area contributed by atoms with E-state index < -0.39 is 0 Å². The molecule has 5 rings (SSSR count). The lowest BCUT2D eigenvalue weighted by Crippen LogP contribution is -2.16. The fourth-order valence-electron chi connectivity index (χ4n) is 4.15. The molecule has 1 fully saturated rings. The van der Waals surface area contributed by atoms with Crippen molar-refractivity contribution in [2.75, 3.05) is 11.1 Å². The molecule has 3 atom stereocenters. The molecule has 0 aromatic carbocycles. The van der Waals surface area contributed by atoms with E-state index in [4.69, 9.17) is 5.73 Å². The van der Waals surface area contributed by atoms with Gasteiger partial charge in [0.1, 0.15) is 11.6 Å². The number of rotatable bonds is 3. The summed E-state index contributed by atoms with van der Waals surface area (Å²) in [5.74, 6) is 2.16. The molecule has 4 aromatic heterocycles. The van der Waals surface area contributed by atoms with Gasteiger partial charge in [0.15, 0.2) is 11.3 Å². The van der Waals surface area contributed by atoms with Crippen molar-refractivity contribution in [3.8, 4) is 0 Å². The van der Waals surface area contributed by atoms with Crippen molar-refractivity contribution in [3.63, 3.8) is 0 Å². The van der Waals surface area contributed by atoms with Crippen LogP contribution in [0.25, 0.3) is 16.8 Å². The summed E-state index contributed by atoms with van der Waals surface area (Å²) in [5, 5.41) is 3.49. The Hall–Kier alpha value is -3.16. The van der Waals surface area contributed by atoms with Gasteiger partial charge in [0.2, 0.25) is 0 Å². The van der Waals surface area contributed by atoms with E-state index in [0.717, 1.165) is 35.5 Å². The molecule has 0 unspecified atom stereocenters. The van der Waals surface area contributed by atoms with Crippen LogP contribution in [-0.4, -0.2) is 35.4 Å². The molecule has 26 heavy (non-hydrogen) atoms. The number of aromatic nitrogens is 6. The highest BCUT2D eigenvalue weighted by Crippen LogP contribution is 2.41. The third-order valence-corrected chi connectivity index (χ3v) is 5.36. The second kappa shape index (κ2) is 5.69. The molecule has 4 aromatic rings. The smallest absolute Gasteiger partial charge is 0.156 e. The van der Waals surface area contributed by atoms with Crippen molar-refractivity contribution in [1.82, 2.24) is 29.3 Å². The summed E-state index contributed by atoms with van der Waals surface area (Å²) < 4.78 is 2.23. The van der Waals surface area contributed by atoms with Gasteiger partial charge in [-0.3, -0.25) is 4.40 Å². The number of aromatic amines is 1. The van der Waals surface area contributed by atoms with Crippen LogP contribution in [0.5, 0.6) is 0 Å². The second-order valence-electron chi connectivity index (χ2n) is 7.07. The fourth-order valence-corrected chi connectivity index (χ4v) is 4.15. The maximum Gasteiger partial charge on any atom is 0.156 e. The summed E-state index contributed by atoms with van der Waals surface area (Å²) >= 11 is 0. The van der Waals surface area contributed by atoms with Gasteiger partial charge in [-0.2, -0.15) is 0 Å². The Labute approximate surface area is 149 Å². The van der Waals surface area contributed by atoms with Crippen LogP contribution >= 0.6 is 0 Å². The Balaban J connectivity index is 1.46. The van der Waals surface area contributed by atoms with E-state index in [-0.39, 0.29) is 0 Å². The van der Waals surface area contributed by atoms with E-state index in [2.05, 4.69) is 47.6 Å². The molecule has 8 heteroatoms. The number of anilines is 2. The minimum absolute atomic E-state index is 0.349. The van der Waals surface area contributed by atoms with E-state index >= 15 is 0 Å².